The number of likely N-dealkylation sites (tertiary alicyclic amines) is 1. The lowest BCUT2D eigenvalue weighted by Gasteiger charge is -2.22. The van der Waals surface area contributed by atoms with Gasteiger partial charge >= 0.3 is 0 Å². The normalized spacial score (nSPS) is 18.7. The molecule has 1 aromatic rings. The molecular weight excluding hydrogens is 240 g/mol. The summed E-state index contributed by atoms with van der Waals surface area (Å²) < 4.78 is 0. The molecule has 1 N–H and O–H groups in total. The molecule has 0 radical (unpaired) electrons. The summed E-state index contributed by atoms with van der Waals surface area (Å²) in [4.78, 5) is 25.4. The number of nitrogens with one attached hydrogen (secondary N) is 1. The summed E-state index contributed by atoms with van der Waals surface area (Å²) in [5, 5.41) is 2.93. The van der Waals surface area contributed by atoms with E-state index in [1.54, 1.807) is 4.90 Å². The van der Waals surface area contributed by atoms with Crippen molar-refractivity contribution in [1.29, 1.82) is 0 Å². The Balaban J connectivity index is 1.95. The van der Waals surface area contributed by atoms with E-state index in [4.69, 9.17) is 0 Å². The minimum absolute atomic E-state index is 0.0454. The molecule has 0 saturated carbocycles. The summed E-state index contributed by atoms with van der Waals surface area (Å²) in [5.41, 5.74) is 2.28. The third-order valence-electron chi connectivity index (χ3n) is 3.69. The van der Waals surface area contributed by atoms with E-state index in [1.165, 1.54) is 0 Å². The van der Waals surface area contributed by atoms with Crippen LogP contribution in [0.4, 0.5) is 0 Å². The van der Waals surface area contributed by atoms with Crippen LogP contribution in [0, 0.1) is 6.92 Å². The topological polar surface area (TPSA) is 49.4 Å². The molecule has 1 heterocycles. The molecule has 4 nitrogen and oxygen atoms in total. The molecule has 1 saturated heterocycles. The van der Waals surface area contributed by atoms with Crippen LogP contribution in [0.3, 0.4) is 0 Å². The fourth-order valence-corrected chi connectivity index (χ4v) is 2.51. The van der Waals surface area contributed by atoms with E-state index in [2.05, 4.69) is 5.32 Å². The highest BCUT2D eigenvalue weighted by molar-refractivity contribution is 5.90. The van der Waals surface area contributed by atoms with Crippen molar-refractivity contribution in [2.75, 3.05) is 6.54 Å². The van der Waals surface area contributed by atoms with Crippen LogP contribution in [-0.4, -0.2) is 29.3 Å². The zero-order chi connectivity index (χ0) is 13.8. The number of hydrogen-bond donors (Lipinski definition) is 1. The van der Waals surface area contributed by atoms with Crippen LogP contribution in [0.1, 0.15) is 30.9 Å². The van der Waals surface area contributed by atoms with E-state index in [9.17, 15) is 9.59 Å². The van der Waals surface area contributed by atoms with E-state index in [0.29, 0.717) is 25.9 Å². The maximum Gasteiger partial charge on any atom is 0.243 e. The third kappa shape index (κ3) is 2.95. The lowest BCUT2D eigenvalue weighted by molar-refractivity contribution is -0.135. The van der Waals surface area contributed by atoms with E-state index in [0.717, 1.165) is 11.1 Å². The first-order chi connectivity index (χ1) is 9.13. The lowest BCUT2D eigenvalue weighted by atomic mass is 10.1. The Morgan fingerprint density at radius 3 is 2.84 bits per heavy atom. The molecule has 1 aliphatic heterocycles. The SMILES string of the molecule is CCN1C(=O)CCC1C(=O)NCc1ccccc1C. The minimum atomic E-state index is -0.290. The van der Waals surface area contributed by atoms with Crippen LogP contribution < -0.4 is 5.32 Å². The van der Waals surface area contributed by atoms with Gasteiger partial charge < -0.3 is 10.2 Å². The Morgan fingerprint density at radius 2 is 2.16 bits per heavy atom. The maximum absolute atomic E-state index is 12.1. The summed E-state index contributed by atoms with van der Waals surface area (Å²) >= 11 is 0. The van der Waals surface area contributed by atoms with Crippen molar-refractivity contribution in [2.24, 2.45) is 0 Å². The average Bonchev–Trinajstić information content (AvgIpc) is 2.78. The molecule has 0 spiro atoms. The molecule has 1 unspecified atom stereocenters. The van der Waals surface area contributed by atoms with Gasteiger partial charge in [0.15, 0.2) is 0 Å². The second-order valence-corrected chi connectivity index (χ2v) is 4.88. The molecule has 1 fully saturated rings. The van der Waals surface area contributed by atoms with E-state index in [1.807, 2.05) is 38.1 Å². The van der Waals surface area contributed by atoms with Gasteiger partial charge in [0.05, 0.1) is 0 Å². The Hall–Kier alpha value is -1.84. The summed E-state index contributed by atoms with van der Waals surface area (Å²) in [7, 11) is 0. The zero-order valence-electron chi connectivity index (χ0n) is 11.5. The van der Waals surface area contributed by atoms with Crippen LogP contribution in [0.25, 0.3) is 0 Å². The van der Waals surface area contributed by atoms with Crippen molar-refractivity contribution in [1.82, 2.24) is 10.2 Å². The van der Waals surface area contributed by atoms with Crippen LogP contribution in [0.5, 0.6) is 0 Å². The number of benzene rings is 1. The number of carbonyl (C=O) groups is 2. The van der Waals surface area contributed by atoms with Crippen molar-refractivity contribution in [2.45, 2.75) is 39.3 Å². The lowest BCUT2D eigenvalue weighted by Crippen LogP contribution is -2.44. The molecule has 1 atom stereocenters. The number of likely N-dealkylation sites (N-methyl/N-ethyl adjacent to an activating group) is 1. The largest absolute Gasteiger partial charge is 0.350 e. The molecule has 0 aromatic heterocycles. The van der Waals surface area contributed by atoms with Gasteiger partial charge in [-0.2, -0.15) is 0 Å². The zero-order valence-corrected chi connectivity index (χ0v) is 11.5. The Morgan fingerprint density at radius 1 is 1.42 bits per heavy atom. The summed E-state index contributed by atoms with van der Waals surface area (Å²) in [5.74, 6) is 0.0366. The van der Waals surface area contributed by atoms with E-state index < -0.39 is 0 Å². The van der Waals surface area contributed by atoms with Crippen LogP contribution in [-0.2, 0) is 16.1 Å². The number of carbonyl (C=O) groups excluding carboxylic acids is 2. The van der Waals surface area contributed by atoms with Gasteiger partial charge in [-0.25, -0.2) is 0 Å². The van der Waals surface area contributed by atoms with Crippen molar-refractivity contribution in [3.05, 3.63) is 35.4 Å². The fourth-order valence-electron chi connectivity index (χ4n) is 2.51. The molecule has 4 heteroatoms. The van der Waals surface area contributed by atoms with Crippen LogP contribution in [0.2, 0.25) is 0 Å². The molecule has 0 aliphatic carbocycles. The van der Waals surface area contributed by atoms with Crippen LogP contribution in [0.15, 0.2) is 24.3 Å². The molecule has 1 aromatic carbocycles. The van der Waals surface area contributed by atoms with Gasteiger partial charge in [-0.3, -0.25) is 9.59 Å². The number of aryl methyl sites for hydroxylation is 1. The molecular formula is C15H20N2O2. The van der Waals surface area contributed by atoms with Gasteiger partial charge in [0.1, 0.15) is 6.04 Å². The number of rotatable bonds is 4. The second kappa shape index (κ2) is 5.87. The highest BCUT2D eigenvalue weighted by atomic mass is 16.2. The minimum Gasteiger partial charge on any atom is -0.350 e. The van der Waals surface area contributed by atoms with Gasteiger partial charge in [0.25, 0.3) is 0 Å². The van der Waals surface area contributed by atoms with Gasteiger partial charge in [0, 0.05) is 19.5 Å². The molecule has 19 heavy (non-hydrogen) atoms. The second-order valence-electron chi connectivity index (χ2n) is 4.88. The van der Waals surface area contributed by atoms with Gasteiger partial charge in [-0.1, -0.05) is 24.3 Å². The van der Waals surface area contributed by atoms with Crippen molar-refractivity contribution in [3.63, 3.8) is 0 Å². The van der Waals surface area contributed by atoms with Gasteiger partial charge in [-0.05, 0) is 31.4 Å². The van der Waals surface area contributed by atoms with Crippen molar-refractivity contribution >= 4 is 11.8 Å². The Bertz CT molecular complexity index is 485. The monoisotopic (exact) mass is 260 g/mol. The van der Waals surface area contributed by atoms with E-state index in [-0.39, 0.29) is 17.9 Å². The quantitative estimate of drug-likeness (QED) is 0.894. The predicted octanol–water partition coefficient (Wildman–Crippen LogP) is 1.62. The first-order valence-corrected chi connectivity index (χ1v) is 6.75. The van der Waals surface area contributed by atoms with Gasteiger partial charge in [-0.15, -0.1) is 0 Å². The van der Waals surface area contributed by atoms with Crippen molar-refractivity contribution < 1.29 is 9.59 Å². The predicted molar refractivity (Wildman–Crippen MR) is 73.4 cm³/mol. The molecule has 0 bridgehead atoms. The highest BCUT2D eigenvalue weighted by Crippen LogP contribution is 2.18. The van der Waals surface area contributed by atoms with E-state index >= 15 is 0 Å². The summed E-state index contributed by atoms with van der Waals surface area (Å²) in [6, 6.07) is 7.69. The summed E-state index contributed by atoms with van der Waals surface area (Å²) in [6.45, 7) is 5.05. The first kappa shape index (κ1) is 13.6. The fraction of sp³-hybridized carbons (Fsp3) is 0.467. The Labute approximate surface area is 113 Å². The summed E-state index contributed by atoms with van der Waals surface area (Å²) in [6.07, 6.45) is 1.11. The molecule has 2 amide bonds. The smallest absolute Gasteiger partial charge is 0.243 e. The average molecular weight is 260 g/mol. The first-order valence-electron chi connectivity index (χ1n) is 6.75. The Kier molecular flexibility index (Phi) is 4.20. The molecule has 102 valence electrons. The maximum atomic E-state index is 12.1. The van der Waals surface area contributed by atoms with Crippen LogP contribution >= 0.6 is 0 Å². The molecule has 2 rings (SSSR count). The molecule has 1 aliphatic rings. The number of amides is 2. The highest BCUT2D eigenvalue weighted by Gasteiger charge is 2.34. The van der Waals surface area contributed by atoms with Crippen molar-refractivity contribution in [3.8, 4) is 0 Å². The number of nitrogens with zero attached hydrogens (tertiary/aromatic N) is 1. The van der Waals surface area contributed by atoms with Gasteiger partial charge in [0.2, 0.25) is 11.8 Å². The standard InChI is InChI=1S/C15H20N2O2/c1-3-17-13(8-9-14(17)18)15(19)16-10-12-7-5-4-6-11(12)2/h4-7,13H,3,8-10H2,1-2H3,(H,16,19). The number of hydrogen-bond acceptors (Lipinski definition) is 2. The third-order valence-corrected chi connectivity index (χ3v) is 3.69.